The largest absolute Gasteiger partial charge is 0.467 e. The summed E-state index contributed by atoms with van der Waals surface area (Å²) in [5.74, 6) is 0.769. The van der Waals surface area contributed by atoms with E-state index in [1.54, 1.807) is 19.4 Å². The zero-order valence-corrected chi connectivity index (χ0v) is 18.0. The van der Waals surface area contributed by atoms with Gasteiger partial charge in [-0.05, 0) is 66.8 Å². The summed E-state index contributed by atoms with van der Waals surface area (Å²) < 4.78 is 10.5. The summed E-state index contributed by atoms with van der Waals surface area (Å²) in [5.41, 5.74) is 2.13. The molecule has 3 rings (SSSR count). The lowest BCUT2D eigenvalue weighted by Crippen LogP contribution is -2.40. The Morgan fingerprint density at radius 1 is 1.34 bits per heavy atom. The van der Waals surface area contributed by atoms with Crippen molar-refractivity contribution in [2.75, 3.05) is 20.3 Å². The quantitative estimate of drug-likeness (QED) is 0.413. The number of benzene rings is 1. The number of methoxy groups -OCH3 is 1. The number of hydrogen-bond acceptors (Lipinski definition) is 4. The topological polar surface area (TPSA) is 70.5 Å². The van der Waals surface area contributed by atoms with Crippen LogP contribution in [0, 0.1) is 6.92 Å². The predicted molar refractivity (Wildman–Crippen MR) is 119 cm³/mol. The molecule has 29 heavy (non-hydrogen) atoms. The predicted octanol–water partition coefficient (Wildman–Crippen LogP) is 4.00. The Morgan fingerprint density at radius 3 is 2.90 bits per heavy atom. The van der Waals surface area contributed by atoms with Crippen molar-refractivity contribution in [3.05, 3.63) is 68.9 Å². The molecule has 2 aromatic heterocycles. The van der Waals surface area contributed by atoms with Crippen LogP contribution in [-0.4, -0.2) is 35.3 Å². The van der Waals surface area contributed by atoms with Crippen molar-refractivity contribution >= 4 is 39.8 Å². The molecule has 1 aromatic carbocycles. The van der Waals surface area contributed by atoms with E-state index in [9.17, 15) is 4.79 Å². The van der Waals surface area contributed by atoms with Gasteiger partial charge in [-0.15, -0.1) is 0 Å². The molecule has 0 unspecified atom stereocenters. The summed E-state index contributed by atoms with van der Waals surface area (Å²) >= 11 is 11.8. The number of thiocarbonyl (C=S) groups is 1. The number of hydrogen-bond donors (Lipinski definition) is 2. The van der Waals surface area contributed by atoms with E-state index in [0.29, 0.717) is 47.5 Å². The lowest BCUT2D eigenvalue weighted by Gasteiger charge is -2.25. The van der Waals surface area contributed by atoms with Crippen molar-refractivity contribution in [3.8, 4) is 0 Å². The van der Waals surface area contributed by atoms with Gasteiger partial charge in [0.15, 0.2) is 5.11 Å². The summed E-state index contributed by atoms with van der Waals surface area (Å²) in [7, 11) is 1.67. The highest BCUT2D eigenvalue weighted by molar-refractivity contribution is 7.80. The van der Waals surface area contributed by atoms with Crippen molar-refractivity contribution in [1.29, 1.82) is 0 Å². The minimum absolute atomic E-state index is 0.163. The Labute approximate surface area is 179 Å². The normalized spacial score (nSPS) is 11.0. The highest BCUT2D eigenvalue weighted by atomic mass is 35.5. The monoisotopic (exact) mass is 433 g/mol. The third-order valence-electron chi connectivity index (χ3n) is 4.58. The molecule has 0 spiro atoms. The first-order valence-electron chi connectivity index (χ1n) is 9.34. The van der Waals surface area contributed by atoms with Crippen LogP contribution in [0.2, 0.25) is 5.02 Å². The van der Waals surface area contributed by atoms with Gasteiger partial charge in [-0.3, -0.25) is 4.79 Å². The van der Waals surface area contributed by atoms with Crippen LogP contribution in [0.4, 0.5) is 0 Å². The molecule has 2 heterocycles. The highest BCUT2D eigenvalue weighted by Crippen LogP contribution is 2.22. The van der Waals surface area contributed by atoms with Gasteiger partial charge in [0, 0.05) is 36.4 Å². The van der Waals surface area contributed by atoms with E-state index < -0.39 is 0 Å². The van der Waals surface area contributed by atoms with Crippen LogP contribution in [0.1, 0.15) is 23.3 Å². The van der Waals surface area contributed by atoms with E-state index in [1.807, 2.05) is 36.1 Å². The first-order chi connectivity index (χ1) is 14.0. The molecule has 0 fully saturated rings. The number of nitrogens with one attached hydrogen (secondary N) is 2. The fraction of sp³-hybridized carbons (Fsp3) is 0.333. The van der Waals surface area contributed by atoms with Gasteiger partial charge in [0.2, 0.25) is 0 Å². The number of ether oxygens (including phenoxy) is 1. The summed E-state index contributed by atoms with van der Waals surface area (Å²) in [4.78, 5) is 17.5. The Bertz CT molecular complexity index is 1030. The fourth-order valence-electron chi connectivity index (χ4n) is 3.02. The molecule has 0 bridgehead atoms. The molecule has 0 saturated carbocycles. The number of aromatic nitrogens is 1. The van der Waals surface area contributed by atoms with Crippen LogP contribution in [0.25, 0.3) is 10.9 Å². The van der Waals surface area contributed by atoms with Crippen LogP contribution in [0.3, 0.4) is 0 Å². The number of aromatic amines is 1. The number of pyridine rings is 1. The Hall–Kier alpha value is -2.35. The molecular weight excluding hydrogens is 410 g/mol. The number of rotatable bonds is 8. The van der Waals surface area contributed by atoms with Gasteiger partial charge in [0.25, 0.3) is 5.56 Å². The highest BCUT2D eigenvalue weighted by Gasteiger charge is 2.15. The second-order valence-corrected chi connectivity index (χ2v) is 7.62. The molecule has 3 aromatic rings. The third-order valence-corrected chi connectivity index (χ3v) is 5.39. The van der Waals surface area contributed by atoms with Gasteiger partial charge in [-0.1, -0.05) is 11.6 Å². The molecule has 0 atom stereocenters. The number of furan rings is 1. The van der Waals surface area contributed by atoms with Gasteiger partial charge in [0.05, 0.1) is 19.4 Å². The van der Waals surface area contributed by atoms with E-state index in [4.69, 9.17) is 33.0 Å². The van der Waals surface area contributed by atoms with Crippen molar-refractivity contribution in [2.24, 2.45) is 0 Å². The van der Waals surface area contributed by atoms with Crippen LogP contribution in [0.15, 0.2) is 45.8 Å². The maximum Gasteiger partial charge on any atom is 0.253 e. The molecule has 8 heteroatoms. The van der Waals surface area contributed by atoms with Gasteiger partial charge >= 0.3 is 0 Å². The molecule has 6 nitrogen and oxygen atoms in total. The lowest BCUT2D eigenvalue weighted by molar-refractivity contribution is 0.195. The summed E-state index contributed by atoms with van der Waals surface area (Å²) in [6, 6.07) is 9.35. The maximum atomic E-state index is 12.7. The van der Waals surface area contributed by atoms with E-state index >= 15 is 0 Å². The zero-order chi connectivity index (χ0) is 20.8. The van der Waals surface area contributed by atoms with Crippen molar-refractivity contribution < 1.29 is 9.15 Å². The molecule has 154 valence electrons. The van der Waals surface area contributed by atoms with Crippen LogP contribution >= 0.6 is 23.8 Å². The van der Waals surface area contributed by atoms with Crippen molar-refractivity contribution in [1.82, 2.24) is 15.2 Å². The third kappa shape index (κ3) is 5.59. The second kappa shape index (κ2) is 9.91. The SMILES string of the molecule is COCCCNC(=S)N(Cc1ccco1)Cc1cc2cc(C)c(Cl)cc2[nH]c1=O. The van der Waals surface area contributed by atoms with E-state index in [-0.39, 0.29) is 5.56 Å². The Kier molecular flexibility index (Phi) is 7.30. The average Bonchev–Trinajstić information content (AvgIpc) is 3.20. The standard InChI is InChI=1S/C21H24ClN3O3S/c1-14-9-15-10-16(20(26)24-19(15)11-18(14)22)12-25(13-17-5-3-8-28-17)21(29)23-6-4-7-27-2/h3,5,8-11H,4,6-7,12-13H2,1-2H3,(H,23,29)(H,24,26). The molecular formula is C21H24ClN3O3S. The maximum absolute atomic E-state index is 12.7. The first-order valence-corrected chi connectivity index (χ1v) is 10.1. The van der Waals surface area contributed by atoms with E-state index in [1.165, 1.54) is 0 Å². The van der Waals surface area contributed by atoms with Gasteiger partial charge in [-0.2, -0.15) is 0 Å². The number of halogens is 1. The number of nitrogens with zero attached hydrogens (tertiary/aromatic N) is 1. The fourth-order valence-corrected chi connectivity index (χ4v) is 3.42. The molecule has 0 radical (unpaired) electrons. The van der Waals surface area contributed by atoms with Gasteiger partial charge in [0.1, 0.15) is 5.76 Å². The van der Waals surface area contributed by atoms with Crippen molar-refractivity contribution in [2.45, 2.75) is 26.4 Å². The van der Waals surface area contributed by atoms with Gasteiger partial charge in [-0.25, -0.2) is 0 Å². The number of H-pyrrole nitrogens is 1. The van der Waals surface area contributed by atoms with Crippen LogP contribution in [-0.2, 0) is 17.8 Å². The number of fused-ring (bicyclic) bond motifs is 1. The molecule has 0 aliphatic carbocycles. The molecule has 0 saturated heterocycles. The zero-order valence-electron chi connectivity index (χ0n) is 16.5. The lowest BCUT2D eigenvalue weighted by atomic mass is 10.1. The van der Waals surface area contributed by atoms with Gasteiger partial charge < -0.3 is 24.4 Å². The number of aryl methyl sites for hydroxylation is 1. The van der Waals surface area contributed by atoms with Crippen molar-refractivity contribution in [3.63, 3.8) is 0 Å². The molecule has 2 N–H and O–H groups in total. The second-order valence-electron chi connectivity index (χ2n) is 6.83. The Morgan fingerprint density at radius 2 is 2.17 bits per heavy atom. The van der Waals surface area contributed by atoms with E-state index in [0.717, 1.165) is 23.1 Å². The molecule has 0 aliphatic heterocycles. The summed E-state index contributed by atoms with van der Waals surface area (Å²) in [6.07, 6.45) is 2.46. The molecule has 0 amide bonds. The van der Waals surface area contributed by atoms with Crippen LogP contribution < -0.4 is 10.9 Å². The minimum atomic E-state index is -0.163. The smallest absolute Gasteiger partial charge is 0.253 e. The summed E-state index contributed by atoms with van der Waals surface area (Å²) in [5, 5.41) is 5.34. The van der Waals surface area contributed by atoms with E-state index in [2.05, 4.69) is 10.3 Å². The minimum Gasteiger partial charge on any atom is -0.467 e. The van der Waals surface area contributed by atoms with Crippen LogP contribution in [0.5, 0.6) is 0 Å². The summed E-state index contributed by atoms with van der Waals surface area (Å²) in [6.45, 7) is 4.09. The molecule has 0 aliphatic rings. The first kappa shape index (κ1) is 21.4. The average molecular weight is 434 g/mol. The Balaban J connectivity index is 1.84.